The van der Waals surface area contributed by atoms with E-state index in [0.29, 0.717) is 17.9 Å². The van der Waals surface area contributed by atoms with E-state index in [9.17, 15) is 18.0 Å². The predicted octanol–water partition coefficient (Wildman–Crippen LogP) is 5.15. The van der Waals surface area contributed by atoms with Crippen LogP contribution < -0.4 is 15.0 Å². The summed E-state index contributed by atoms with van der Waals surface area (Å²) < 4.78 is 48.4. The predicted molar refractivity (Wildman–Crippen MR) is 118 cm³/mol. The van der Waals surface area contributed by atoms with E-state index in [-0.39, 0.29) is 23.7 Å². The van der Waals surface area contributed by atoms with Gasteiger partial charge in [-0.2, -0.15) is 18.3 Å². The van der Waals surface area contributed by atoms with E-state index in [2.05, 4.69) is 10.4 Å². The molecule has 0 fully saturated rings. The number of carbonyl (C=O) groups excluding carboxylic acids is 1. The van der Waals surface area contributed by atoms with Crippen LogP contribution in [0.15, 0.2) is 54.7 Å². The molecule has 2 atom stereocenters. The second-order valence-corrected chi connectivity index (χ2v) is 8.27. The Morgan fingerprint density at radius 2 is 1.91 bits per heavy atom. The van der Waals surface area contributed by atoms with E-state index in [1.807, 2.05) is 24.3 Å². The zero-order chi connectivity index (χ0) is 23.2. The van der Waals surface area contributed by atoms with Crippen LogP contribution in [0.4, 0.5) is 24.7 Å². The van der Waals surface area contributed by atoms with Gasteiger partial charge in [0.2, 0.25) is 0 Å². The van der Waals surface area contributed by atoms with Crippen molar-refractivity contribution < 1.29 is 22.7 Å². The average Bonchev–Trinajstić information content (AvgIpc) is 3.26. The van der Waals surface area contributed by atoms with Crippen molar-refractivity contribution in [2.75, 3.05) is 23.9 Å². The first kappa shape index (κ1) is 21.4. The number of anilines is 2. The van der Waals surface area contributed by atoms with Gasteiger partial charge < -0.3 is 15.0 Å². The molecule has 6 nitrogen and oxygen atoms in total. The second-order valence-electron chi connectivity index (χ2n) is 8.27. The van der Waals surface area contributed by atoms with Crippen molar-refractivity contribution in [1.29, 1.82) is 0 Å². The number of rotatable bonds is 3. The van der Waals surface area contributed by atoms with Gasteiger partial charge in [-0.1, -0.05) is 36.4 Å². The third kappa shape index (κ3) is 3.71. The van der Waals surface area contributed by atoms with Gasteiger partial charge in [0.15, 0.2) is 6.04 Å². The van der Waals surface area contributed by atoms with Crippen molar-refractivity contribution in [2.24, 2.45) is 0 Å². The average molecular weight is 456 g/mol. The Morgan fingerprint density at radius 3 is 2.70 bits per heavy atom. The van der Waals surface area contributed by atoms with Crippen LogP contribution in [0.1, 0.15) is 46.4 Å². The van der Waals surface area contributed by atoms with Gasteiger partial charge in [0, 0.05) is 24.2 Å². The molecule has 0 spiro atoms. The Kier molecular flexibility index (Phi) is 5.26. The van der Waals surface area contributed by atoms with Gasteiger partial charge in [-0.15, -0.1) is 0 Å². The van der Waals surface area contributed by atoms with Gasteiger partial charge in [0.25, 0.3) is 5.91 Å². The quantitative estimate of drug-likeness (QED) is 0.593. The van der Waals surface area contributed by atoms with Crippen LogP contribution >= 0.6 is 0 Å². The molecule has 2 aromatic carbocycles. The highest BCUT2D eigenvalue weighted by Crippen LogP contribution is 2.46. The number of carbonyl (C=O) groups is 1. The van der Waals surface area contributed by atoms with Crippen molar-refractivity contribution >= 4 is 17.4 Å². The number of ether oxygens (including phenoxy) is 1. The Bertz CT molecular complexity index is 1190. The summed E-state index contributed by atoms with van der Waals surface area (Å²) >= 11 is 0. The van der Waals surface area contributed by atoms with Crippen LogP contribution in [0, 0.1) is 0 Å². The molecule has 0 saturated heterocycles. The number of hydrogen-bond donors (Lipinski definition) is 1. The lowest BCUT2D eigenvalue weighted by molar-refractivity contribution is -0.173. The molecular weight excluding hydrogens is 433 g/mol. The van der Waals surface area contributed by atoms with Crippen LogP contribution in [-0.4, -0.2) is 35.5 Å². The standard InChI is InChI=1S/C24H23F3N4O2/c1-33-20-11-5-3-9-16(20)18-13-21(24(25,26)27)31-22(29-18)17(14-28-31)23(32)30-12-6-8-15-7-2-4-10-19(15)30/h2-5,7,9-11,14,18,21,29H,6,8,12-13H2,1H3/t18-,21-/m0/s1. The van der Waals surface area contributed by atoms with E-state index < -0.39 is 18.3 Å². The minimum Gasteiger partial charge on any atom is -0.496 e. The normalized spacial score (nSPS) is 19.9. The summed E-state index contributed by atoms with van der Waals surface area (Å²) in [7, 11) is 1.48. The van der Waals surface area contributed by atoms with E-state index in [1.54, 1.807) is 29.2 Å². The molecule has 2 aliphatic heterocycles. The maximum absolute atomic E-state index is 14.0. The minimum atomic E-state index is -4.53. The lowest BCUT2D eigenvalue weighted by atomic mass is 9.95. The van der Waals surface area contributed by atoms with Crippen LogP contribution in [0.25, 0.3) is 0 Å². The Labute approximate surface area is 189 Å². The molecular formula is C24H23F3N4O2. The SMILES string of the molecule is COc1ccccc1[C@@H]1C[C@@H](C(F)(F)F)n2ncc(C(=O)N3CCCc4ccccc43)c2N1. The molecule has 3 aromatic rings. The molecule has 1 aromatic heterocycles. The Morgan fingerprint density at radius 1 is 1.15 bits per heavy atom. The van der Waals surface area contributed by atoms with Crippen molar-refractivity contribution in [3.63, 3.8) is 0 Å². The first-order chi connectivity index (χ1) is 15.9. The van der Waals surface area contributed by atoms with Gasteiger partial charge >= 0.3 is 6.18 Å². The Balaban J connectivity index is 1.56. The first-order valence-electron chi connectivity index (χ1n) is 10.8. The second kappa shape index (κ2) is 8.13. The number of benzene rings is 2. The fourth-order valence-corrected chi connectivity index (χ4v) is 4.77. The molecule has 172 valence electrons. The minimum absolute atomic E-state index is 0.0764. The molecule has 0 bridgehead atoms. The highest BCUT2D eigenvalue weighted by Gasteiger charge is 2.48. The molecule has 1 N–H and O–H groups in total. The third-order valence-corrected chi connectivity index (χ3v) is 6.34. The number of para-hydroxylation sites is 2. The van der Waals surface area contributed by atoms with Crippen molar-refractivity contribution in [1.82, 2.24) is 9.78 Å². The van der Waals surface area contributed by atoms with Crippen LogP contribution in [0.5, 0.6) is 5.75 Å². The number of nitrogens with zero attached hydrogens (tertiary/aromatic N) is 3. The molecule has 2 aliphatic rings. The maximum atomic E-state index is 14.0. The highest BCUT2D eigenvalue weighted by molar-refractivity contribution is 6.09. The zero-order valence-electron chi connectivity index (χ0n) is 18.0. The summed E-state index contributed by atoms with van der Waals surface area (Å²) in [6.45, 7) is 0.499. The number of nitrogens with one attached hydrogen (secondary N) is 1. The van der Waals surface area contributed by atoms with Gasteiger partial charge in [0.1, 0.15) is 17.1 Å². The molecule has 0 radical (unpaired) electrons. The van der Waals surface area contributed by atoms with Crippen LogP contribution in [0.3, 0.4) is 0 Å². The molecule has 0 unspecified atom stereocenters. The molecule has 3 heterocycles. The molecule has 1 amide bonds. The number of fused-ring (bicyclic) bond motifs is 2. The van der Waals surface area contributed by atoms with Crippen molar-refractivity contribution in [2.45, 2.75) is 37.5 Å². The van der Waals surface area contributed by atoms with E-state index >= 15 is 0 Å². The molecule has 0 saturated carbocycles. The summed E-state index contributed by atoms with van der Waals surface area (Å²) in [4.78, 5) is 15.2. The largest absolute Gasteiger partial charge is 0.496 e. The van der Waals surface area contributed by atoms with E-state index in [1.165, 1.54) is 13.3 Å². The summed E-state index contributed by atoms with van der Waals surface area (Å²) in [5.41, 5.74) is 2.56. The number of aryl methyl sites for hydroxylation is 1. The van der Waals surface area contributed by atoms with Gasteiger partial charge in [-0.05, 0) is 30.5 Å². The highest BCUT2D eigenvalue weighted by atomic mass is 19.4. The number of hydrogen-bond acceptors (Lipinski definition) is 4. The van der Waals surface area contributed by atoms with Crippen molar-refractivity contribution in [3.8, 4) is 5.75 Å². The smallest absolute Gasteiger partial charge is 0.410 e. The van der Waals surface area contributed by atoms with Crippen molar-refractivity contribution in [3.05, 3.63) is 71.4 Å². The van der Waals surface area contributed by atoms with E-state index in [4.69, 9.17) is 4.74 Å². The fraction of sp³-hybridized carbons (Fsp3) is 0.333. The number of halogens is 3. The number of methoxy groups -OCH3 is 1. The molecule has 0 aliphatic carbocycles. The Hall–Kier alpha value is -3.49. The summed E-state index contributed by atoms with van der Waals surface area (Å²) in [5.74, 6) is 0.201. The molecule has 9 heteroatoms. The lowest BCUT2D eigenvalue weighted by Crippen LogP contribution is -2.38. The summed E-state index contributed by atoms with van der Waals surface area (Å²) in [6, 6.07) is 12.0. The van der Waals surface area contributed by atoms with Gasteiger partial charge in [0.05, 0.1) is 19.3 Å². The number of alkyl halides is 3. The summed E-state index contributed by atoms with van der Waals surface area (Å²) in [6.07, 6.45) is -1.91. The van der Waals surface area contributed by atoms with E-state index in [0.717, 1.165) is 28.8 Å². The maximum Gasteiger partial charge on any atom is 0.410 e. The first-order valence-corrected chi connectivity index (χ1v) is 10.8. The molecule has 5 rings (SSSR count). The third-order valence-electron chi connectivity index (χ3n) is 6.34. The van der Waals surface area contributed by atoms with Crippen LogP contribution in [-0.2, 0) is 6.42 Å². The number of aromatic nitrogens is 2. The fourth-order valence-electron chi connectivity index (χ4n) is 4.77. The zero-order valence-corrected chi connectivity index (χ0v) is 18.0. The topological polar surface area (TPSA) is 59.4 Å². The summed E-state index contributed by atoms with van der Waals surface area (Å²) in [5, 5.41) is 7.16. The number of amides is 1. The van der Waals surface area contributed by atoms with Gasteiger partial charge in [-0.3, -0.25) is 4.79 Å². The molecule has 33 heavy (non-hydrogen) atoms. The van der Waals surface area contributed by atoms with Gasteiger partial charge in [-0.25, -0.2) is 4.68 Å². The monoisotopic (exact) mass is 456 g/mol. The van der Waals surface area contributed by atoms with Crippen LogP contribution in [0.2, 0.25) is 0 Å². The lowest BCUT2D eigenvalue weighted by Gasteiger charge is -2.35.